The Morgan fingerprint density at radius 3 is 2.67 bits per heavy atom. The van der Waals surface area contributed by atoms with Gasteiger partial charge < -0.3 is 4.74 Å². The molecule has 2 aromatic carbocycles. The number of benzene rings is 2. The summed E-state index contributed by atoms with van der Waals surface area (Å²) in [7, 11) is 0. The second-order valence-electron chi connectivity index (χ2n) is 4.28. The maximum Gasteiger partial charge on any atom is 0.170 e. The summed E-state index contributed by atoms with van der Waals surface area (Å²) in [6, 6.07) is 15.6. The maximum absolute atomic E-state index is 12.1. The van der Waals surface area contributed by atoms with Crippen molar-refractivity contribution in [2.75, 3.05) is 0 Å². The molecule has 0 aromatic heterocycles. The van der Waals surface area contributed by atoms with Crippen LogP contribution in [0.2, 0.25) is 0 Å². The Hall–Kier alpha value is -1.36. The molecule has 0 saturated carbocycles. The molecule has 18 heavy (non-hydrogen) atoms. The summed E-state index contributed by atoms with van der Waals surface area (Å²) in [4.78, 5) is 12.1. The monoisotopic (exact) mass is 350 g/mol. The van der Waals surface area contributed by atoms with Gasteiger partial charge in [0.05, 0.1) is 12.0 Å². The van der Waals surface area contributed by atoms with E-state index in [-0.39, 0.29) is 11.9 Å². The largest absolute Gasteiger partial charge is 0.484 e. The molecule has 1 unspecified atom stereocenters. The predicted octanol–water partition coefficient (Wildman–Crippen LogP) is 4.00. The number of hydrogen-bond acceptors (Lipinski definition) is 2. The van der Waals surface area contributed by atoms with Crippen molar-refractivity contribution in [2.45, 2.75) is 12.5 Å². The van der Waals surface area contributed by atoms with E-state index in [1.54, 1.807) is 0 Å². The summed E-state index contributed by atoms with van der Waals surface area (Å²) in [5.41, 5.74) is 1.75. The third-order valence-electron chi connectivity index (χ3n) is 3.06. The van der Waals surface area contributed by atoms with Crippen LogP contribution in [-0.2, 0) is 0 Å². The lowest BCUT2D eigenvalue weighted by Gasteiger charge is -2.25. The molecule has 90 valence electrons. The first kappa shape index (κ1) is 11.7. The summed E-state index contributed by atoms with van der Waals surface area (Å²) in [5.74, 6) is 0.855. The van der Waals surface area contributed by atoms with E-state index < -0.39 is 0 Å². The van der Waals surface area contributed by atoms with Crippen molar-refractivity contribution in [1.82, 2.24) is 0 Å². The van der Waals surface area contributed by atoms with Crippen LogP contribution in [0.15, 0.2) is 48.5 Å². The number of ketones is 1. The van der Waals surface area contributed by atoms with E-state index in [1.165, 1.54) is 0 Å². The number of Topliss-reactive ketones (excluding diaryl/α,β-unsaturated/α-hetero) is 1. The minimum absolute atomic E-state index is 0.154. The first-order chi connectivity index (χ1) is 8.74. The molecule has 0 bridgehead atoms. The van der Waals surface area contributed by atoms with Gasteiger partial charge in [-0.05, 0) is 46.4 Å². The molecule has 1 heterocycles. The zero-order valence-corrected chi connectivity index (χ0v) is 11.8. The Morgan fingerprint density at radius 1 is 1.11 bits per heavy atom. The van der Waals surface area contributed by atoms with Crippen LogP contribution < -0.4 is 4.74 Å². The smallest absolute Gasteiger partial charge is 0.170 e. The van der Waals surface area contributed by atoms with E-state index in [4.69, 9.17) is 4.74 Å². The lowest BCUT2D eigenvalue weighted by atomic mass is 9.96. The fourth-order valence-corrected chi connectivity index (χ4v) is 2.61. The highest BCUT2D eigenvalue weighted by molar-refractivity contribution is 14.1. The Bertz CT molecular complexity index is 593. The van der Waals surface area contributed by atoms with Crippen LogP contribution in [-0.4, -0.2) is 5.78 Å². The lowest BCUT2D eigenvalue weighted by Crippen LogP contribution is -2.20. The molecular weight excluding hydrogens is 339 g/mol. The van der Waals surface area contributed by atoms with Crippen molar-refractivity contribution < 1.29 is 9.53 Å². The number of fused-ring (bicyclic) bond motifs is 1. The fourth-order valence-electron chi connectivity index (χ4n) is 2.15. The van der Waals surface area contributed by atoms with E-state index in [9.17, 15) is 4.79 Å². The molecule has 1 aliphatic heterocycles. The lowest BCUT2D eigenvalue weighted by molar-refractivity contribution is 0.0850. The summed E-state index contributed by atoms with van der Waals surface area (Å²) in [5, 5.41) is 0. The molecule has 0 fully saturated rings. The van der Waals surface area contributed by atoms with Crippen LogP contribution in [0.25, 0.3) is 0 Å². The zero-order valence-electron chi connectivity index (χ0n) is 9.60. The number of carbonyl (C=O) groups excluding carboxylic acids is 1. The summed E-state index contributed by atoms with van der Waals surface area (Å²) in [6.07, 6.45) is 0.252. The van der Waals surface area contributed by atoms with Crippen molar-refractivity contribution in [3.05, 3.63) is 63.2 Å². The van der Waals surface area contributed by atoms with Gasteiger partial charge in [0.25, 0.3) is 0 Å². The van der Waals surface area contributed by atoms with Crippen LogP contribution >= 0.6 is 22.6 Å². The predicted molar refractivity (Wildman–Crippen MR) is 77.9 cm³/mol. The van der Waals surface area contributed by atoms with Gasteiger partial charge in [-0.15, -0.1) is 0 Å². The first-order valence-electron chi connectivity index (χ1n) is 5.78. The van der Waals surface area contributed by atoms with Crippen molar-refractivity contribution >= 4 is 28.4 Å². The van der Waals surface area contributed by atoms with Crippen LogP contribution in [0, 0.1) is 3.57 Å². The topological polar surface area (TPSA) is 26.3 Å². The Kier molecular flexibility index (Phi) is 3.07. The molecule has 1 atom stereocenters. The molecule has 0 radical (unpaired) electrons. The van der Waals surface area contributed by atoms with Gasteiger partial charge in [0.1, 0.15) is 11.9 Å². The molecule has 3 rings (SSSR count). The molecule has 2 aromatic rings. The Morgan fingerprint density at radius 2 is 1.89 bits per heavy atom. The normalized spacial score (nSPS) is 18.1. The number of rotatable bonds is 1. The minimum atomic E-state index is -0.163. The average Bonchev–Trinajstić information content (AvgIpc) is 2.39. The molecule has 0 saturated heterocycles. The summed E-state index contributed by atoms with van der Waals surface area (Å²) < 4.78 is 7.02. The summed E-state index contributed by atoms with van der Waals surface area (Å²) in [6.45, 7) is 0. The third-order valence-corrected chi connectivity index (χ3v) is 3.73. The highest BCUT2D eigenvalue weighted by Crippen LogP contribution is 2.35. The molecule has 0 aliphatic carbocycles. The number of halogens is 1. The molecule has 0 N–H and O–H groups in total. The van der Waals surface area contributed by atoms with Crippen LogP contribution in [0.1, 0.15) is 28.4 Å². The van der Waals surface area contributed by atoms with E-state index >= 15 is 0 Å². The van der Waals surface area contributed by atoms with Gasteiger partial charge in [0.2, 0.25) is 0 Å². The van der Waals surface area contributed by atoms with E-state index in [0.717, 1.165) is 9.13 Å². The fraction of sp³-hybridized carbons (Fsp3) is 0.133. The van der Waals surface area contributed by atoms with Crippen LogP contribution in [0.5, 0.6) is 5.75 Å². The van der Waals surface area contributed by atoms with Crippen LogP contribution in [0.4, 0.5) is 0 Å². The Balaban J connectivity index is 1.98. The van der Waals surface area contributed by atoms with Gasteiger partial charge in [-0.25, -0.2) is 0 Å². The highest BCUT2D eigenvalue weighted by Gasteiger charge is 2.27. The van der Waals surface area contributed by atoms with Gasteiger partial charge in [0, 0.05) is 3.57 Å². The third kappa shape index (κ3) is 2.14. The van der Waals surface area contributed by atoms with Crippen molar-refractivity contribution in [3.8, 4) is 5.75 Å². The van der Waals surface area contributed by atoms with E-state index in [1.807, 2.05) is 48.5 Å². The first-order valence-corrected chi connectivity index (χ1v) is 6.86. The standard InChI is InChI=1S/C15H11IO2/c16-11-6-7-12-13(17)9-14(18-15(12)8-11)10-4-2-1-3-5-10/h1-8,14H,9H2. The molecule has 3 heteroatoms. The second-order valence-corrected chi connectivity index (χ2v) is 5.53. The van der Waals surface area contributed by atoms with Gasteiger partial charge in [-0.3, -0.25) is 4.79 Å². The van der Waals surface area contributed by atoms with E-state index in [0.29, 0.717) is 17.7 Å². The van der Waals surface area contributed by atoms with Gasteiger partial charge >= 0.3 is 0 Å². The molecule has 1 aliphatic rings. The quantitative estimate of drug-likeness (QED) is 0.727. The minimum Gasteiger partial charge on any atom is -0.484 e. The van der Waals surface area contributed by atoms with Crippen molar-refractivity contribution in [1.29, 1.82) is 0 Å². The van der Waals surface area contributed by atoms with Gasteiger partial charge in [0.15, 0.2) is 5.78 Å². The number of ether oxygens (including phenoxy) is 1. The van der Waals surface area contributed by atoms with E-state index in [2.05, 4.69) is 22.6 Å². The second kappa shape index (κ2) is 4.72. The zero-order chi connectivity index (χ0) is 12.5. The molecule has 2 nitrogen and oxygen atoms in total. The molecule has 0 amide bonds. The van der Waals surface area contributed by atoms with Crippen molar-refractivity contribution in [3.63, 3.8) is 0 Å². The Labute approximate surface area is 119 Å². The van der Waals surface area contributed by atoms with Gasteiger partial charge in [-0.1, -0.05) is 30.3 Å². The van der Waals surface area contributed by atoms with Crippen LogP contribution in [0.3, 0.4) is 0 Å². The highest BCUT2D eigenvalue weighted by atomic mass is 127. The summed E-state index contributed by atoms with van der Waals surface area (Å²) >= 11 is 2.22. The van der Waals surface area contributed by atoms with Crippen molar-refractivity contribution in [2.24, 2.45) is 0 Å². The van der Waals surface area contributed by atoms with Gasteiger partial charge in [-0.2, -0.15) is 0 Å². The average molecular weight is 350 g/mol. The maximum atomic E-state index is 12.1. The molecule has 0 spiro atoms. The number of hydrogen-bond donors (Lipinski definition) is 0. The number of carbonyl (C=O) groups is 1. The molecular formula is C15H11IO2. The SMILES string of the molecule is O=C1CC(c2ccccc2)Oc2cc(I)ccc21.